The van der Waals surface area contributed by atoms with Crippen LogP contribution in [0.15, 0.2) is 30.6 Å². The summed E-state index contributed by atoms with van der Waals surface area (Å²) in [4.78, 5) is 4.21. The molecule has 0 aliphatic heterocycles. The number of aryl methyl sites for hydroxylation is 1. The summed E-state index contributed by atoms with van der Waals surface area (Å²) in [6.07, 6.45) is 3.44. The molecule has 0 radical (unpaired) electrons. The Bertz CT molecular complexity index is 464. The molecule has 6 heteroatoms. The van der Waals surface area contributed by atoms with Crippen molar-refractivity contribution in [3.05, 3.63) is 47.0 Å². The van der Waals surface area contributed by atoms with Crippen molar-refractivity contribution in [1.29, 1.82) is 0 Å². The van der Waals surface area contributed by atoms with Gasteiger partial charge in [0.05, 0.1) is 16.4 Å². The quantitative estimate of drug-likeness (QED) is 0.618. The maximum Gasteiger partial charge on any atom is 0.107 e. The molecular formula is C10H12ClN5. The molecule has 0 saturated carbocycles. The lowest BCUT2D eigenvalue weighted by Crippen LogP contribution is -2.29. The molecule has 2 heterocycles. The third kappa shape index (κ3) is 2.21. The number of rotatable bonds is 3. The second-order valence-corrected chi connectivity index (χ2v) is 3.85. The molecule has 84 valence electrons. The highest BCUT2D eigenvalue weighted by molar-refractivity contribution is 6.30. The number of nitrogens with zero attached hydrogens (tertiary/aromatic N) is 3. The summed E-state index contributed by atoms with van der Waals surface area (Å²) >= 11 is 5.78. The second kappa shape index (κ2) is 4.61. The molecule has 0 fully saturated rings. The van der Waals surface area contributed by atoms with E-state index in [0.717, 1.165) is 11.4 Å². The summed E-state index contributed by atoms with van der Waals surface area (Å²) in [6, 6.07) is 5.26. The third-order valence-corrected chi connectivity index (χ3v) is 2.47. The average Bonchev–Trinajstić information content (AvgIpc) is 2.69. The topological polar surface area (TPSA) is 68.8 Å². The number of hydrogen-bond acceptors (Lipinski definition) is 4. The summed E-state index contributed by atoms with van der Waals surface area (Å²) < 4.78 is 1.72. The molecule has 0 aliphatic carbocycles. The van der Waals surface area contributed by atoms with Gasteiger partial charge in [-0.3, -0.25) is 15.5 Å². The summed E-state index contributed by atoms with van der Waals surface area (Å²) in [6.45, 7) is 0. The van der Waals surface area contributed by atoms with Gasteiger partial charge in [0, 0.05) is 19.4 Å². The van der Waals surface area contributed by atoms with E-state index >= 15 is 0 Å². The van der Waals surface area contributed by atoms with Crippen LogP contribution in [0.5, 0.6) is 0 Å². The van der Waals surface area contributed by atoms with Crippen molar-refractivity contribution in [2.75, 3.05) is 0 Å². The Morgan fingerprint density at radius 2 is 2.19 bits per heavy atom. The minimum absolute atomic E-state index is 0.224. The summed E-state index contributed by atoms with van der Waals surface area (Å²) in [5, 5.41) is 4.88. The van der Waals surface area contributed by atoms with Gasteiger partial charge in [-0.1, -0.05) is 11.6 Å². The van der Waals surface area contributed by atoms with Gasteiger partial charge in [-0.25, -0.2) is 5.43 Å². The Morgan fingerprint density at radius 3 is 2.69 bits per heavy atom. The van der Waals surface area contributed by atoms with Gasteiger partial charge in [0.25, 0.3) is 0 Å². The minimum Gasteiger partial charge on any atom is -0.275 e. The Labute approximate surface area is 98.2 Å². The maximum absolute atomic E-state index is 5.78. The van der Waals surface area contributed by atoms with Gasteiger partial charge in [0.2, 0.25) is 0 Å². The van der Waals surface area contributed by atoms with Crippen molar-refractivity contribution >= 4 is 11.6 Å². The first-order valence-electron chi connectivity index (χ1n) is 4.78. The largest absolute Gasteiger partial charge is 0.275 e. The molecule has 1 atom stereocenters. The molecule has 2 rings (SSSR count). The molecule has 2 aromatic heterocycles. The van der Waals surface area contributed by atoms with E-state index in [0.29, 0.717) is 5.02 Å². The Balaban J connectivity index is 2.32. The fourth-order valence-electron chi connectivity index (χ4n) is 1.47. The molecule has 2 aromatic rings. The third-order valence-electron chi connectivity index (χ3n) is 2.24. The molecule has 0 bridgehead atoms. The summed E-state index contributed by atoms with van der Waals surface area (Å²) in [5.41, 5.74) is 4.29. The van der Waals surface area contributed by atoms with Gasteiger partial charge in [-0.15, -0.1) is 0 Å². The lowest BCUT2D eigenvalue weighted by Gasteiger charge is -2.12. The number of hydrazine groups is 1. The van der Waals surface area contributed by atoms with Crippen molar-refractivity contribution in [1.82, 2.24) is 20.2 Å². The van der Waals surface area contributed by atoms with E-state index in [1.807, 2.05) is 25.4 Å². The normalized spacial score (nSPS) is 12.7. The summed E-state index contributed by atoms with van der Waals surface area (Å²) in [5.74, 6) is 5.51. The predicted molar refractivity (Wildman–Crippen MR) is 61.6 cm³/mol. The van der Waals surface area contributed by atoms with E-state index in [9.17, 15) is 0 Å². The van der Waals surface area contributed by atoms with Crippen LogP contribution in [0, 0.1) is 0 Å². The van der Waals surface area contributed by atoms with Crippen molar-refractivity contribution in [2.24, 2.45) is 12.9 Å². The van der Waals surface area contributed by atoms with Crippen LogP contribution >= 0.6 is 11.6 Å². The fraction of sp³-hybridized carbons (Fsp3) is 0.200. The minimum atomic E-state index is -0.224. The fourth-order valence-corrected chi connectivity index (χ4v) is 1.58. The van der Waals surface area contributed by atoms with Gasteiger partial charge in [-0.05, 0) is 18.2 Å². The van der Waals surface area contributed by atoms with E-state index in [1.54, 1.807) is 16.9 Å². The number of nitrogens with one attached hydrogen (secondary N) is 1. The first-order chi connectivity index (χ1) is 7.70. The second-order valence-electron chi connectivity index (χ2n) is 3.42. The van der Waals surface area contributed by atoms with Crippen LogP contribution in [0.4, 0.5) is 0 Å². The highest BCUT2D eigenvalue weighted by Crippen LogP contribution is 2.18. The van der Waals surface area contributed by atoms with Gasteiger partial charge < -0.3 is 0 Å². The number of aromatic nitrogens is 3. The van der Waals surface area contributed by atoms with Crippen LogP contribution in [0.2, 0.25) is 5.02 Å². The van der Waals surface area contributed by atoms with Gasteiger partial charge in [-0.2, -0.15) is 5.10 Å². The predicted octanol–water partition coefficient (Wildman–Crippen LogP) is 1.02. The molecule has 5 nitrogen and oxygen atoms in total. The zero-order chi connectivity index (χ0) is 11.5. The first kappa shape index (κ1) is 11.1. The molecular weight excluding hydrogens is 226 g/mol. The maximum atomic E-state index is 5.78. The van der Waals surface area contributed by atoms with E-state index in [4.69, 9.17) is 17.4 Å². The van der Waals surface area contributed by atoms with Gasteiger partial charge >= 0.3 is 0 Å². The molecule has 0 aliphatic rings. The molecule has 3 N–H and O–H groups in total. The zero-order valence-electron chi connectivity index (χ0n) is 8.76. The molecule has 1 unspecified atom stereocenters. The number of nitrogens with two attached hydrogens (primary N) is 1. The van der Waals surface area contributed by atoms with Crippen LogP contribution in [0.25, 0.3) is 0 Å². The highest BCUT2D eigenvalue weighted by Gasteiger charge is 2.15. The van der Waals surface area contributed by atoms with Gasteiger partial charge in [0.1, 0.15) is 6.04 Å². The van der Waals surface area contributed by atoms with E-state index < -0.39 is 0 Å². The van der Waals surface area contributed by atoms with Crippen LogP contribution in [0.3, 0.4) is 0 Å². The number of pyridine rings is 1. The average molecular weight is 238 g/mol. The molecule has 0 amide bonds. The number of halogens is 1. The van der Waals surface area contributed by atoms with Gasteiger partial charge in [0.15, 0.2) is 0 Å². The summed E-state index contributed by atoms with van der Waals surface area (Å²) in [7, 11) is 1.85. The lowest BCUT2D eigenvalue weighted by molar-refractivity contribution is 0.590. The van der Waals surface area contributed by atoms with Crippen LogP contribution < -0.4 is 11.3 Å². The standard InChI is InChI=1S/C10H12ClN5/c1-16-5-4-9(15-16)10(14-12)8-3-2-7(11)6-13-8/h2-6,10,14H,12H2,1H3. The highest BCUT2D eigenvalue weighted by atomic mass is 35.5. The molecule has 0 spiro atoms. The molecule has 0 saturated heterocycles. The molecule has 16 heavy (non-hydrogen) atoms. The van der Waals surface area contributed by atoms with Crippen molar-refractivity contribution in [3.8, 4) is 0 Å². The van der Waals surface area contributed by atoms with Crippen LogP contribution in [-0.4, -0.2) is 14.8 Å². The van der Waals surface area contributed by atoms with Crippen LogP contribution in [0.1, 0.15) is 17.4 Å². The Hall–Kier alpha value is -1.43. The first-order valence-corrected chi connectivity index (χ1v) is 5.15. The Kier molecular flexibility index (Phi) is 3.19. The lowest BCUT2D eigenvalue weighted by atomic mass is 10.1. The number of hydrogen-bond donors (Lipinski definition) is 2. The zero-order valence-corrected chi connectivity index (χ0v) is 9.52. The van der Waals surface area contributed by atoms with E-state index in [1.165, 1.54) is 0 Å². The molecule has 0 aromatic carbocycles. The SMILES string of the molecule is Cn1ccc(C(NN)c2ccc(Cl)cn2)n1. The smallest absolute Gasteiger partial charge is 0.107 e. The van der Waals surface area contributed by atoms with Crippen molar-refractivity contribution < 1.29 is 0 Å². The monoisotopic (exact) mass is 237 g/mol. The van der Waals surface area contributed by atoms with Crippen LogP contribution in [-0.2, 0) is 7.05 Å². The van der Waals surface area contributed by atoms with E-state index in [2.05, 4.69) is 15.5 Å². The van der Waals surface area contributed by atoms with Crippen molar-refractivity contribution in [3.63, 3.8) is 0 Å². The Morgan fingerprint density at radius 1 is 1.38 bits per heavy atom. The van der Waals surface area contributed by atoms with E-state index in [-0.39, 0.29) is 6.04 Å². The van der Waals surface area contributed by atoms with Crippen molar-refractivity contribution in [2.45, 2.75) is 6.04 Å².